The maximum absolute atomic E-state index is 5.82. The van der Waals surface area contributed by atoms with Gasteiger partial charge in [0.05, 0.1) is 11.7 Å². The molecule has 1 aromatic carbocycles. The molecule has 6 nitrogen and oxygen atoms in total. The lowest BCUT2D eigenvalue weighted by Gasteiger charge is -1.98. The Balaban J connectivity index is 2.11. The Morgan fingerprint density at radius 1 is 1.21 bits per heavy atom. The van der Waals surface area contributed by atoms with Gasteiger partial charge in [-0.3, -0.25) is 4.57 Å². The van der Waals surface area contributed by atoms with Gasteiger partial charge >= 0.3 is 0 Å². The van der Waals surface area contributed by atoms with E-state index >= 15 is 0 Å². The van der Waals surface area contributed by atoms with Crippen molar-refractivity contribution in [1.82, 2.24) is 14.5 Å². The van der Waals surface area contributed by atoms with E-state index in [1.807, 2.05) is 22.9 Å². The first-order valence-electron chi connectivity index (χ1n) is 5.94. The minimum atomic E-state index is 0.495. The number of nitrogens with zero attached hydrogens (tertiary/aromatic N) is 5. The number of aromatic nitrogens is 3. The van der Waals surface area contributed by atoms with Crippen LogP contribution in [0.2, 0.25) is 0 Å². The summed E-state index contributed by atoms with van der Waals surface area (Å²) in [6.07, 6.45) is 3.56. The van der Waals surface area contributed by atoms with Gasteiger partial charge in [-0.05, 0) is 5.39 Å². The maximum Gasteiger partial charge on any atom is 0.229 e. The number of fused-ring (bicyclic) bond motifs is 7. The van der Waals surface area contributed by atoms with Crippen molar-refractivity contribution in [2.45, 2.75) is 6.67 Å². The zero-order chi connectivity index (χ0) is 12.4. The van der Waals surface area contributed by atoms with E-state index in [1.54, 1.807) is 6.33 Å². The molecule has 6 heteroatoms. The number of azo groups is 1. The second-order valence-corrected chi connectivity index (χ2v) is 4.53. The van der Waals surface area contributed by atoms with Gasteiger partial charge in [0.2, 0.25) is 17.1 Å². The maximum atomic E-state index is 5.82. The van der Waals surface area contributed by atoms with Crippen LogP contribution in [0.15, 0.2) is 45.4 Å². The summed E-state index contributed by atoms with van der Waals surface area (Å²) in [5.41, 5.74) is 2.05. The quantitative estimate of drug-likeness (QED) is 0.479. The van der Waals surface area contributed by atoms with Crippen molar-refractivity contribution in [2.24, 2.45) is 10.2 Å². The van der Waals surface area contributed by atoms with E-state index in [2.05, 4.69) is 26.3 Å². The van der Waals surface area contributed by atoms with Crippen molar-refractivity contribution >= 4 is 38.8 Å². The normalized spacial score (nSPS) is 13.9. The number of rotatable bonds is 0. The van der Waals surface area contributed by atoms with Crippen LogP contribution in [0.5, 0.6) is 0 Å². The van der Waals surface area contributed by atoms with E-state index in [0.717, 1.165) is 21.7 Å². The first-order valence-corrected chi connectivity index (χ1v) is 5.94. The van der Waals surface area contributed by atoms with Crippen LogP contribution in [-0.4, -0.2) is 14.5 Å². The van der Waals surface area contributed by atoms with Crippen LogP contribution in [0.3, 0.4) is 0 Å². The van der Waals surface area contributed by atoms with Gasteiger partial charge < -0.3 is 4.42 Å². The highest BCUT2D eigenvalue weighted by Gasteiger charge is 2.19. The van der Waals surface area contributed by atoms with Gasteiger partial charge in [0, 0.05) is 11.6 Å². The lowest BCUT2D eigenvalue weighted by atomic mass is 10.2. The molecule has 0 aliphatic carbocycles. The molecule has 1 aliphatic rings. The fraction of sp³-hybridized carbons (Fsp3) is 0.0769. The summed E-state index contributed by atoms with van der Waals surface area (Å²) >= 11 is 0. The van der Waals surface area contributed by atoms with Crippen LogP contribution in [0.1, 0.15) is 0 Å². The second-order valence-electron chi connectivity index (χ2n) is 4.53. The van der Waals surface area contributed by atoms with E-state index in [4.69, 9.17) is 4.42 Å². The summed E-state index contributed by atoms with van der Waals surface area (Å²) in [5.74, 6) is 0.711. The van der Waals surface area contributed by atoms with Crippen LogP contribution in [0.25, 0.3) is 33.0 Å². The summed E-state index contributed by atoms with van der Waals surface area (Å²) in [4.78, 5) is 8.84. The Morgan fingerprint density at radius 3 is 3.21 bits per heavy atom. The summed E-state index contributed by atoms with van der Waals surface area (Å²) in [5, 5.41) is 11.3. The Labute approximate surface area is 106 Å². The average Bonchev–Trinajstić information content (AvgIpc) is 3.14. The zero-order valence-electron chi connectivity index (χ0n) is 9.74. The summed E-state index contributed by atoms with van der Waals surface area (Å²) in [6.45, 7) is 0.495. The van der Waals surface area contributed by atoms with Gasteiger partial charge in [-0.2, -0.15) is 5.11 Å². The smallest absolute Gasteiger partial charge is 0.229 e. The minimum Gasteiger partial charge on any atom is -0.432 e. The molecule has 0 saturated heterocycles. The van der Waals surface area contributed by atoms with E-state index in [1.165, 1.54) is 0 Å². The first kappa shape index (κ1) is 9.21. The molecule has 0 saturated carbocycles. The topological polar surface area (TPSA) is 68.6 Å². The monoisotopic (exact) mass is 249 g/mol. The van der Waals surface area contributed by atoms with Crippen molar-refractivity contribution in [3.63, 3.8) is 0 Å². The number of hydrogen-bond acceptors (Lipinski definition) is 5. The molecule has 0 spiro atoms. The Kier molecular flexibility index (Phi) is 1.44. The van der Waals surface area contributed by atoms with E-state index < -0.39 is 0 Å². The highest BCUT2D eigenvalue weighted by molar-refractivity contribution is 6.17. The predicted octanol–water partition coefficient (Wildman–Crippen LogP) is 3.39. The summed E-state index contributed by atoms with van der Waals surface area (Å²) in [7, 11) is 0. The molecule has 0 amide bonds. The van der Waals surface area contributed by atoms with Crippen molar-refractivity contribution in [3.05, 3.63) is 30.7 Å². The van der Waals surface area contributed by atoms with Gasteiger partial charge in [0.1, 0.15) is 12.2 Å². The molecule has 0 bridgehead atoms. The predicted molar refractivity (Wildman–Crippen MR) is 69.3 cm³/mol. The van der Waals surface area contributed by atoms with Crippen LogP contribution >= 0.6 is 0 Å². The van der Waals surface area contributed by atoms with Gasteiger partial charge in [-0.1, -0.05) is 18.2 Å². The van der Waals surface area contributed by atoms with Crippen molar-refractivity contribution in [2.75, 3.05) is 0 Å². The first-order chi connectivity index (χ1) is 9.42. The largest absolute Gasteiger partial charge is 0.432 e. The van der Waals surface area contributed by atoms with Crippen molar-refractivity contribution < 1.29 is 4.42 Å². The number of pyridine rings is 1. The summed E-state index contributed by atoms with van der Waals surface area (Å²) < 4.78 is 7.68. The molecule has 0 atom stereocenters. The number of furan rings is 1. The fourth-order valence-corrected chi connectivity index (χ4v) is 2.61. The fourth-order valence-electron chi connectivity index (χ4n) is 2.61. The molecule has 0 radical (unpaired) electrons. The molecule has 5 rings (SSSR count). The third-order valence-corrected chi connectivity index (χ3v) is 3.49. The number of hydrogen-bond donors (Lipinski definition) is 0. The molecule has 3 aromatic heterocycles. The third-order valence-electron chi connectivity index (χ3n) is 3.49. The second kappa shape index (κ2) is 2.97. The Morgan fingerprint density at radius 2 is 2.21 bits per heavy atom. The molecule has 1 aliphatic heterocycles. The van der Waals surface area contributed by atoms with Gasteiger partial charge in [-0.15, -0.1) is 5.11 Å². The molecule has 0 unspecified atom stereocenters. The molecule has 0 fully saturated rings. The van der Waals surface area contributed by atoms with E-state index in [-0.39, 0.29) is 0 Å². The lowest BCUT2D eigenvalue weighted by molar-refractivity contribution is 0.647. The van der Waals surface area contributed by atoms with Crippen LogP contribution in [0, 0.1) is 0 Å². The molecular formula is C13H7N5O. The van der Waals surface area contributed by atoms with Gasteiger partial charge in [0.15, 0.2) is 0 Å². The van der Waals surface area contributed by atoms with E-state index in [0.29, 0.717) is 23.8 Å². The standard InChI is InChI=1S/C13H7N5O/c1-2-7-4-14-13-9(8(7)3-1)10-11(19-13)12-17-16-6-18(12)5-15-10/h1-5H,6H2. The van der Waals surface area contributed by atoms with E-state index in [9.17, 15) is 0 Å². The Bertz CT molecular complexity index is 994. The SMILES string of the molecule is c1cc2cnc3oc4c5n(cnc4c3c2c1)CN=N5. The minimum absolute atomic E-state index is 0.495. The zero-order valence-corrected chi connectivity index (χ0v) is 9.74. The molecule has 4 aromatic rings. The van der Waals surface area contributed by atoms with Crippen LogP contribution in [0.4, 0.5) is 5.82 Å². The highest BCUT2D eigenvalue weighted by Crippen LogP contribution is 2.37. The van der Waals surface area contributed by atoms with Crippen molar-refractivity contribution in [3.8, 4) is 0 Å². The Hall–Kier alpha value is -2.76. The van der Waals surface area contributed by atoms with Gasteiger partial charge in [0.25, 0.3) is 0 Å². The molecule has 19 heavy (non-hydrogen) atoms. The van der Waals surface area contributed by atoms with Crippen LogP contribution < -0.4 is 0 Å². The molecule has 90 valence electrons. The molecular weight excluding hydrogens is 242 g/mol. The third kappa shape index (κ3) is 1.02. The van der Waals surface area contributed by atoms with Crippen LogP contribution in [-0.2, 0) is 6.67 Å². The molecule has 4 heterocycles. The van der Waals surface area contributed by atoms with Crippen molar-refractivity contribution in [1.29, 1.82) is 0 Å². The molecule has 0 N–H and O–H groups in total. The summed E-state index contributed by atoms with van der Waals surface area (Å²) in [6, 6.07) is 6.09. The highest BCUT2D eigenvalue weighted by atomic mass is 16.3. The average molecular weight is 249 g/mol. The lowest BCUT2D eigenvalue weighted by Crippen LogP contribution is -1.93. The van der Waals surface area contributed by atoms with Gasteiger partial charge in [-0.25, -0.2) is 9.97 Å².